The van der Waals surface area contributed by atoms with Crippen LogP contribution in [-0.4, -0.2) is 68.7 Å². The topological polar surface area (TPSA) is 145 Å². The van der Waals surface area contributed by atoms with Crippen molar-refractivity contribution < 1.29 is 14.4 Å². The van der Waals surface area contributed by atoms with Gasteiger partial charge < -0.3 is 22.5 Å². The molecule has 1 aliphatic heterocycles. The molecule has 1 heterocycles. The van der Waals surface area contributed by atoms with Crippen molar-refractivity contribution in [3.8, 4) is 0 Å². The Morgan fingerprint density at radius 2 is 1.64 bits per heavy atom. The lowest BCUT2D eigenvalue weighted by molar-refractivity contribution is -0.107. The maximum Gasteiger partial charge on any atom is 0.204 e. The van der Waals surface area contributed by atoms with E-state index in [2.05, 4.69) is 67.9 Å². The highest BCUT2D eigenvalue weighted by Crippen LogP contribution is 2.37. The normalized spacial score (nSPS) is 15.2. The molecule has 1 saturated carbocycles. The van der Waals surface area contributed by atoms with E-state index in [1.165, 1.54) is 65.4 Å². The average Bonchev–Trinajstić information content (AvgIpc) is 3.03. The molecule has 1 atom stereocenters. The smallest absolute Gasteiger partial charge is 0.204 e. The molecule has 8 nitrogen and oxygen atoms in total. The third-order valence-corrected chi connectivity index (χ3v) is 9.24. The first kappa shape index (κ1) is 43.9. The van der Waals surface area contributed by atoms with Gasteiger partial charge >= 0.3 is 0 Å². The van der Waals surface area contributed by atoms with E-state index in [1.807, 2.05) is 31.7 Å². The van der Waals surface area contributed by atoms with Crippen LogP contribution in [0.3, 0.4) is 0 Å². The lowest BCUT2D eigenvalue weighted by Crippen LogP contribution is -2.34. The SMILES string of the molecule is C=C(C=O)CN1CCSCC1.C=C(CCC(CNC)C1CCCCC1)Sc1cc(C(C)C)ccc1N.CC.NC=O.NC=O. The minimum atomic E-state index is 0.250. The number of nitrogens with one attached hydrogen (secondary N) is 1. The minimum Gasteiger partial charge on any atom is -0.398 e. The number of carbonyl (C=O) groups excluding carboxylic acids is 3. The van der Waals surface area contributed by atoms with Crippen LogP contribution in [0.4, 0.5) is 5.69 Å². The molecule has 1 aromatic rings. The van der Waals surface area contributed by atoms with Crippen LogP contribution in [0.25, 0.3) is 0 Å². The van der Waals surface area contributed by atoms with Crippen LogP contribution in [0, 0.1) is 11.8 Å². The first-order chi connectivity index (χ1) is 21.2. The zero-order chi connectivity index (χ0) is 33.8. The standard InChI is InChI=1S/C22H36N2S.C8H13NOS.C2H6.2CH3NO/c1-16(2)19-12-13-21(23)22(14-19)25-17(3)10-11-20(15-24-4)18-8-6-5-7-9-18;1-8(7-10)6-9-2-4-11-5-3-9;1-2;2*2-1-3/h12-14,16,18,20,24H,3,5-11,15,23H2,1-2,4H3;7H,1-6H2;1-2H3;2*1H,(H2,2,3). The van der Waals surface area contributed by atoms with E-state index < -0.39 is 0 Å². The van der Waals surface area contributed by atoms with E-state index in [9.17, 15) is 4.79 Å². The zero-order valence-corrected chi connectivity index (χ0v) is 29.7. The Labute approximate surface area is 276 Å². The van der Waals surface area contributed by atoms with E-state index in [-0.39, 0.29) is 12.8 Å². The Balaban J connectivity index is 0. The molecular weight excluding hydrogens is 591 g/mol. The molecule has 44 heavy (non-hydrogen) atoms. The lowest BCUT2D eigenvalue weighted by atomic mass is 9.78. The van der Waals surface area contributed by atoms with Gasteiger partial charge in [-0.15, -0.1) is 0 Å². The molecule has 1 saturated heterocycles. The number of benzene rings is 1. The summed E-state index contributed by atoms with van der Waals surface area (Å²) in [6.07, 6.45) is 10.8. The van der Waals surface area contributed by atoms with Crippen molar-refractivity contribution in [1.29, 1.82) is 0 Å². The highest BCUT2D eigenvalue weighted by Gasteiger charge is 2.23. The summed E-state index contributed by atoms with van der Waals surface area (Å²) < 4.78 is 0. The minimum absolute atomic E-state index is 0.250. The fourth-order valence-corrected chi connectivity index (χ4v) is 6.90. The Morgan fingerprint density at radius 3 is 2.14 bits per heavy atom. The average molecular weight is 652 g/mol. The fraction of sp³-hybridized carbons (Fsp3) is 0.618. The number of amides is 2. The maximum absolute atomic E-state index is 10.2. The van der Waals surface area contributed by atoms with E-state index >= 15 is 0 Å². The van der Waals surface area contributed by atoms with Crippen molar-refractivity contribution in [1.82, 2.24) is 10.2 Å². The molecule has 1 aromatic carbocycles. The first-order valence-corrected chi connectivity index (χ1v) is 17.8. The molecule has 0 aromatic heterocycles. The van der Waals surface area contributed by atoms with Crippen molar-refractivity contribution in [2.45, 2.75) is 83.5 Å². The Morgan fingerprint density at radius 1 is 1.07 bits per heavy atom. The van der Waals surface area contributed by atoms with Gasteiger partial charge in [0.1, 0.15) is 6.29 Å². The van der Waals surface area contributed by atoms with Crippen molar-refractivity contribution in [2.75, 3.05) is 50.5 Å². The number of anilines is 1. The molecule has 0 radical (unpaired) electrons. The molecule has 1 unspecified atom stereocenters. The van der Waals surface area contributed by atoms with Crippen LogP contribution >= 0.6 is 23.5 Å². The van der Waals surface area contributed by atoms with Gasteiger partial charge in [0.05, 0.1) is 0 Å². The molecule has 0 spiro atoms. The largest absolute Gasteiger partial charge is 0.398 e. The van der Waals surface area contributed by atoms with Gasteiger partial charge in [-0.3, -0.25) is 19.3 Å². The van der Waals surface area contributed by atoms with Gasteiger partial charge in [-0.1, -0.05) is 90.8 Å². The van der Waals surface area contributed by atoms with Crippen LogP contribution in [-0.2, 0) is 14.4 Å². The summed E-state index contributed by atoms with van der Waals surface area (Å²) in [5.74, 6) is 4.58. The first-order valence-electron chi connectivity index (χ1n) is 15.8. The third kappa shape index (κ3) is 21.4. The molecule has 3 rings (SSSR count). The highest BCUT2D eigenvalue weighted by molar-refractivity contribution is 8.03. The lowest BCUT2D eigenvalue weighted by Gasteiger charge is -2.30. The monoisotopic (exact) mass is 651 g/mol. The van der Waals surface area contributed by atoms with E-state index in [0.717, 1.165) is 56.4 Å². The second-order valence-corrected chi connectivity index (χ2v) is 13.2. The number of nitrogen functional groups attached to an aromatic ring is 1. The van der Waals surface area contributed by atoms with Crippen molar-refractivity contribution in [2.24, 2.45) is 23.3 Å². The molecule has 1 aliphatic carbocycles. The Bertz CT molecular complexity index is 912. The Hall–Kier alpha value is -2.27. The molecule has 10 heteroatoms. The van der Waals surface area contributed by atoms with Gasteiger partial charge in [0.15, 0.2) is 0 Å². The summed E-state index contributed by atoms with van der Waals surface area (Å²) in [5.41, 5.74) is 17.4. The zero-order valence-electron chi connectivity index (χ0n) is 28.0. The van der Waals surface area contributed by atoms with Crippen LogP contribution < -0.4 is 22.5 Å². The van der Waals surface area contributed by atoms with E-state index in [0.29, 0.717) is 11.5 Å². The third-order valence-electron chi connectivity index (χ3n) is 7.23. The van der Waals surface area contributed by atoms with Gasteiger partial charge in [-0.2, -0.15) is 11.8 Å². The molecule has 0 bridgehead atoms. The van der Waals surface area contributed by atoms with Gasteiger partial charge in [-0.25, -0.2) is 0 Å². The second-order valence-electron chi connectivity index (χ2n) is 10.8. The molecule has 7 N–H and O–H groups in total. The number of hydrogen-bond acceptors (Lipinski definition) is 8. The Kier molecular flexibility index (Phi) is 29.3. The number of carbonyl (C=O) groups is 3. The van der Waals surface area contributed by atoms with Crippen molar-refractivity contribution in [3.05, 3.63) is 47.4 Å². The van der Waals surface area contributed by atoms with Gasteiger partial charge in [0.25, 0.3) is 0 Å². The van der Waals surface area contributed by atoms with E-state index in [1.54, 1.807) is 11.8 Å². The predicted molar refractivity (Wildman–Crippen MR) is 194 cm³/mol. The number of allylic oxidation sites excluding steroid dienone is 1. The maximum atomic E-state index is 10.2. The van der Waals surface area contributed by atoms with Crippen molar-refractivity contribution >= 4 is 48.3 Å². The number of hydrogen-bond donors (Lipinski definition) is 4. The summed E-state index contributed by atoms with van der Waals surface area (Å²) in [5, 5.41) is 3.41. The summed E-state index contributed by atoms with van der Waals surface area (Å²) in [4.78, 5) is 32.1. The number of primary amides is 2. The van der Waals surface area contributed by atoms with Crippen LogP contribution in [0.1, 0.15) is 84.1 Å². The van der Waals surface area contributed by atoms with E-state index in [4.69, 9.17) is 15.3 Å². The highest BCUT2D eigenvalue weighted by atomic mass is 32.2. The van der Waals surface area contributed by atoms with Gasteiger partial charge in [0.2, 0.25) is 12.8 Å². The molecule has 2 amide bonds. The van der Waals surface area contributed by atoms with Crippen LogP contribution in [0.2, 0.25) is 0 Å². The van der Waals surface area contributed by atoms with Crippen LogP contribution in [0.15, 0.2) is 46.7 Å². The summed E-state index contributed by atoms with van der Waals surface area (Å²) in [7, 11) is 2.08. The molecule has 252 valence electrons. The quantitative estimate of drug-likeness (QED) is 0.0903. The summed E-state index contributed by atoms with van der Waals surface area (Å²) in [6.45, 7) is 20.5. The predicted octanol–water partition coefficient (Wildman–Crippen LogP) is 6.21. The molecular formula is C34H61N5O3S2. The number of nitrogens with zero attached hydrogens (tertiary/aromatic N) is 1. The summed E-state index contributed by atoms with van der Waals surface area (Å²) in [6, 6.07) is 6.41. The number of nitrogens with two attached hydrogens (primary N) is 3. The van der Waals surface area contributed by atoms with Gasteiger partial charge in [-0.05, 0) is 72.4 Å². The van der Waals surface area contributed by atoms with Gasteiger partial charge in [0, 0.05) is 41.7 Å². The fourth-order valence-electron chi connectivity index (χ4n) is 5.01. The number of thioether (sulfide) groups is 2. The molecule has 2 aliphatic rings. The van der Waals surface area contributed by atoms with Crippen molar-refractivity contribution in [3.63, 3.8) is 0 Å². The number of aldehydes is 1. The summed E-state index contributed by atoms with van der Waals surface area (Å²) >= 11 is 3.74. The number of rotatable bonds is 12. The second kappa shape index (κ2) is 29.4. The molecule has 2 fully saturated rings. The van der Waals surface area contributed by atoms with Crippen LogP contribution in [0.5, 0.6) is 0 Å².